The molecule has 1 aromatic rings. The van der Waals surface area contributed by atoms with Crippen molar-refractivity contribution in [1.29, 1.82) is 0 Å². The van der Waals surface area contributed by atoms with Crippen molar-refractivity contribution in [1.82, 2.24) is 4.90 Å². The molecule has 18 heavy (non-hydrogen) atoms. The van der Waals surface area contributed by atoms with Gasteiger partial charge in [0.25, 0.3) is 0 Å². The summed E-state index contributed by atoms with van der Waals surface area (Å²) in [6, 6.07) is 2.50. The van der Waals surface area contributed by atoms with Crippen LogP contribution in [0, 0.1) is 0 Å². The molecule has 6 heteroatoms. The molecule has 0 aliphatic heterocycles. The summed E-state index contributed by atoms with van der Waals surface area (Å²) in [5.41, 5.74) is 1.00. The second-order valence-corrected chi connectivity index (χ2v) is 6.85. The highest BCUT2D eigenvalue weighted by atomic mass is 35.5. The van der Waals surface area contributed by atoms with E-state index < -0.39 is 5.97 Å². The van der Waals surface area contributed by atoms with E-state index in [1.54, 1.807) is 0 Å². The minimum atomic E-state index is -0.762. The Kier molecular flexibility index (Phi) is 4.54. The molecule has 0 aromatic carbocycles. The van der Waals surface area contributed by atoms with Gasteiger partial charge < -0.3 is 5.11 Å². The summed E-state index contributed by atoms with van der Waals surface area (Å²) in [6.45, 7) is 2.62. The molecule has 1 heterocycles. The molecule has 1 aromatic heterocycles. The summed E-state index contributed by atoms with van der Waals surface area (Å²) >= 11 is 13.5. The van der Waals surface area contributed by atoms with Gasteiger partial charge in [-0.25, -0.2) is 0 Å². The molecule has 1 fully saturated rings. The highest BCUT2D eigenvalue weighted by Gasteiger charge is 2.33. The molecule has 0 spiro atoms. The number of hydrogen-bond donors (Lipinski definition) is 1. The van der Waals surface area contributed by atoms with Crippen molar-refractivity contribution in [3.63, 3.8) is 0 Å². The van der Waals surface area contributed by atoms with Gasteiger partial charge in [0.1, 0.15) is 0 Å². The largest absolute Gasteiger partial charge is 0.481 e. The maximum Gasteiger partial charge on any atom is 0.304 e. The lowest BCUT2D eigenvalue weighted by atomic mass is 10.1. The van der Waals surface area contributed by atoms with E-state index in [0.717, 1.165) is 18.4 Å². The van der Waals surface area contributed by atoms with Crippen molar-refractivity contribution in [3.8, 4) is 0 Å². The molecule has 0 amide bonds. The molecule has 2 rings (SSSR count). The van der Waals surface area contributed by atoms with Gasteiger partial charge in [-0.1, -0.05) is 23.2 Å². The van der Waals surface area contributed by atoms with Gasteiger partial charge in [-0.3, -0.25) is 9.69 Å². The fraction of sp³-hybridized carbons (Fsp3) is 0.583. The number of hydrogen-bond acceptors (Lipinski definition) is 3. The van der Waals surface area contributed by atoms with Crippen LogP contribution in [0.5, 0.6) is 0 Å². The third-order valence-electron chi connectivity index (χ3n) is 3.23. The molecule has 1 N–H and O–H groups in total. The van der Waals surface area contributed by atoms with Crippen molar-refractivity contribution in [2.75, 3.05) is 6.54 Å². The minimum Gasteiger partial charge on any atom is -0.481 e. The Labute approximate surface area is 120 Å². The first kappa shape index (κ1) is 14.1. The highest BCUT2D eigenvalue weighted by Crippen LogP contribution is 2.40. The average molecular weight is 308 g/mol. The quantitative estimate of drug-likeness (QED) is 0.861. The van der Waals surface area contributed by atoms with Crippen LogP contribution in [0.1, 0.15) is 37.8 Å². The SMILES string of the molecule is CC(c1cc(Cl)sc1Cl)N(CCC(=O)O)C1CC1. The van der Waals surface area contributed by atoms with E-state index >= 15 is 0 Å². The number of nitrogens with zero attached hydrogens (tertiary/aromatic N) is 1. The maximum atomic E-state index is 10.7. The Morgan fingerprint density at radius 2 is 2.28 bits per heavy atom. The first-order chi connectivity index (χ1) is 8.49. The van der Waals surface area contributed by atoms with Gasteiger partial charge in [0, 0.05) is 24.2 Å². The monoisotopic (exact) mass is 307 g/mol. The smallest absolute Gasteiger partial charge is 0.304 e. The lowest BCUT2D eigenvalue weighted by Gasteiger charge is -2.28. The zero-order valence-electron chi connectivity index (χ0n) is 10.0. The van der Waals surface area contributed by atoms with Gasteiger partial charge in [-0.05, 0) is 25.8 Å². The van der Waals surface area contributed by atoms with E-state index in [-0.39, 0.29) is 12.5 Å². The first-order valence-electron chi connectivity index (χ1n) is 5.91. The summed E-state index contributed by atoms with van der Waals surface area (Å²) in [7, 11) is 0. The van der Waals surface area contributed by atoms with Crippen molar-refractivity contribution in [2.45, 2.75) is 38.3 Å². The van der Waals surface area contributed by atoms with Crippen molar-refractivity contribution >= 4 is 40.5 Å². The summed E-state index contributed by atoms with van der Waals surface area (Å²) in [6.07, 6.45) is 2.44. The van der Waals surface area contributed by atoms with Gasteiger partial charge >= 0.3 is 5.97 Å². The Hall–Kier alpha value is -0.290. The molecule has 0 radical (unpaired) electrons. The average Bonchev–Trinajstić information content (AvgIpc) is 3.04. The van der Waals surface area contributed by atoms with E-state index in [9.17, 15) is 4.79 Å². The van der Waals surface area contributed by atoms with Crippen LogP contribution in [0.2, 0.25) is 8.67 Å². The summed E-state index contributed by atoms with van der Waals surface area (Å²) in [4.78, 5) is 12.9. The fourth-order valence-corrected chi connectivity index (χ4v) is 3.77. The predicted molar refractivity (Wildman–Crippen MR) is 74.7 cm³/mol. The Morgan fingerprint density at radius 3 is 2.72 bits per heavy atom. The minimum absolute atomic E-state index is 0.119. The molecule has 1 unspecified atom stereocenters. The standard InChI is InChI=1S/C12H15Cl2NO2S/c1-7(9-6-10(13)18-12(9)14)15(8-2-3-8)5-4-11(16)17/h6-8H,2-5H2,1H3,(H,16,17). The first-order valence-corrected chi connectivity index (χ1v) is 7.48. The van der Waals surface area contributed by atoms with E-state index in [1.807, 2.05) is 6.07 Å². The summed E-state index contributed by atoms with van der Waals surface area (Å²) < 4.78 is 1.38. The number of rotatable bonds is 6. The van der Waals surface area contributed by atoms with Gasteiger partial charge in [0.2, 0.25) is 0 Å². The number of halogens is 2. The van der Waals surface area contributed by atoms with Crippen LogP contribution in [-0.4, -0.2) is 28.6 Å². The molecule has 3 nitrogen and oxygen atoms in total. The summed E-state index contributed by atoms with van der Waals surface area (Å²) in [5, 5.41) is 8.80. The molecule has 0 saturated heterocycles. The van der Waals surface area contributed by atoms with Crippen LogP contribution < -0.4 is 0 Å². The summed E-state index contributed by atoms with van der Waals surface area (Å²) in [5.74, 6) is -0.762. The second-order valence-electron chi connectivity index (χ2n) is 4.57. The number of carboxylic acids is 1. The Morgan fingerprint density at radius 1 is 1.61 bits per heavy atom. The van der Waals surface area contributed by atoms with Crippen LogP contribution in [0.15, 0.2) is 6.07 Å². The van der Waals surface area contributed by atoms with Gasteiger partial charge in [0.15, 0.2) is 0 Å². The van der Waals surface area contributed by atoms with Crippen LogP contribution in [0.25, 0.3) is 0 Å². The molecule has 1 aliphatic rings. The molecule has 100 valence electrons. The lowest BCUT2D eigenvalue weighted by Crippen LogP contribution is -2.31. The highest BCUT2D eigenvalue weighted by molar-refractivity contribution is 7.20. The molecule has 1 aliphatic carbocycles. The van der Waals surface area contributed by atoms with Crippen molar-refractivity contribution in [2.24, 2.45) is 0 Å². The van der Waals surface area contributed by atoms with E-state index in [2.05, 4.69) is 11.8 Å². The lowest BCUT2D eigenvalue weighted by molar-refractivity contribution is -0.137. The third-order valence-corrected chi connectivity index (χ3v) is 4.75. The van der Waals surface area contributed by atoms with Crippen molar-refractivity contribution < 1.29 is 9.90 Å². The van der Waals surface area contributed by atoms with E-state index in [0.29, 0.717) is 21.3 Å². The Bertz CT molecular complexity index is 445. The maximum absolute atomic E-state index is 10.7. The topological polar surface area (TPSA) is 40.5 Å². The van der Waals surface area contributed by atoms with Gasteiger partial charge in [0.05, 0.1) is 15.1 Å². The number of aliphatic carboxylic acids is 1. The normalized spacial score (nSPS) is 17.1. The zero-order chi connectivity index (χ0) is 13.3. The number of thiophene rings is 1. The van der Waals surface area contributed by atoms with Gasteiger partial charge in [-0.15, -0.1) is 11.3 Å². The van der Waals surface area contributed by atoms with Crippen LogP contribution in [0.4, 0.5) is 0 Å². The number of carboxylic acid groups (broad SMARTS) is 1. The van der Waals surface area contributed by atoms with Gasteiger partial charge in [-0.2, -0.15) is 0 Å². The zero-order valence-corrected chi connectivity index (χ0v) is 12.4. The van der Waals surface area contributed by atoms with Crippen LogP contribution >= 0.6 is 34.5 Å². The molecular weight excluding hydrogens is 293 g/mol. The predicted octanol–water partition coefficient (Wildman–Crippen LogP) is 4.06. The number of carbonyl (C=O) groups is 1. The van der Waals surface area contributed by atoms with Crippen molar-refractivity contribution in [3.05, 3.63) is 20.3 Å². The molecule has 0 bridgehead atoms. The van der Waals surface area contributed by atoms with Crippen LogP contribution in [-0.2, 0) is 4.79 Å². The fourth-order valence-electron chi connectivity index (χ4n) is 2.14. The molecular formula is C12H15Cl2NO2S. The third kappa shape index (κ3) is 3.38. The van der Waals surface area contributed by atoms with E-state index in [4.69, 9.17) is 28.3 Å². The van der Waals surface area contributed by atoms with E-state index in [1.165, 1.54) is 11.3 Å². The Balaban J connectivity index is 2.10. The molecule has 1 atom stereocenters. The molecule has 1 saturated carbocycles. The second kappa shape index (κ2) is 5.78. The van der Waals surface area contributed by atoms with Crippen LogP contribution in [0.3, 0.4) is 0 Å².